The lowest BCUT2D eigenvalue weighted by Crippen LogP contribution is -2.32. The normalized spacial score (nSPS) is 17.3. The molecule has 2 aliphatic carbocycles. The zero-order valence-electron chi connectivity index (χ0n) is 27.2. The Morgan fingerprint density at radius 3 is 1.45 bits per heavy atom. The molecule has 264 valence electrons. The Balaban J connectivity index is 0.000000216. The third-order valence-electron chi connectivity index (χ3n) is 8.01. The monoisotopic (exact) mass is 718 g/mol. The molecular formula is C34H42F4N8OS2. The van der Waals surface area contributed by atoms with Crippen molar-refractivity contribution in [3.63, 3.8) is 0 Å². The minimum absolute atomic E-state index is 0. The summed E-state index contributed by atoms with van der Waals surface area (Å²) >= 11 is 2.89. The lowest BCUT2D eigenvalue weighted by molar-refractivity contribution is -0.0366. The second-order valence-electron chi connectivity index (χ2n) is 12.4. The van der Waals surface area contributed by atoms with Gasteiger partial charge < -0.3 is 10.6 Å². The number of aryl methyl sites for hydroxylation is 2. The average Bonchev–Trinajstić information content (AvgIpc) is 3.67. The van der Waals surface area contributed by atoms with Crippen molar-refractivity contribution < 1.29 is 22.4 Å². The van der Waals surface area contributed by atoms with Gasteiger partial charge in [-0.1, -0.05) is 14.0 Å². The Bertz CT molecular complexity index is 1630. The molecule has 15 heteroatoms. The number of thiazole rings is 2. The largest absolute Gasteiger partial charge is 0.367 e. The number of carbonyl (C=O) groups excluding carboxylic acids is 1. The Labute approximate surface area is 292 Å². The van der Waals surface area contributed by atoms with Crippen molar-refractivity contribution in [2.45, 2.75) is 110 Å². The van der Waals surface area contributed by atoms with E-state index >= 15 is 0 Å². The van der Waals surface area contributed by atoms with Crippen LogP contribution in [0.3, 0.4) is 0 Å². The second-order valence-corrected chi connectivity index (χ2v) is 14.1. The lowest BCUT2D eigenvalue weighted by Gasteiger charge is -2.29. The summed E-state index contributed by atoms with van der Waals surface area (Å²) in [7, 11) is 0. The maximum atomic E-state index is 13.3. The first-order valence-electron chi connectivity index (χ1n) is 15.7. The molecule has 0 saturated heterocycles. The second kappa shape index (κ2) is 15.8. The molecular weight excluding hydrogens is 677 g/mol. The standard InChI is InChI=1S/C17H20F2N4S.C16H18F2N4OS.CH4/c1-10(2)13-8-14(21-12-4-6-17(18,19)7-5-12)23-15(22-13)16-20-11(3)9-24-16;1-9-8-24-15(19-9)14-21-12(10(2)23)7-13(22-14)20-11-3-5-16(17,18)6-4-11;/h8-9,12H,1,4-7H2,2-3H3,(H,21,22,23);7-8,11H,3-6H2,1-2H3,(H,20,21,22);1H4. The summed E-state index contributed by atoms with van der Waals surface area (Å²) < 4.78 is 53.1. The van der Waals surface area contributed by atoms with Crippen LogP contribution in [0.15, 0.2) is 29.5 Å². The zero-order valence-corrected chi connectivity index (χ0v) is 28.9. The van der Waals surface area contributed by atoms with Gasteiger partial charge in [-0.25, -0.2) is 47.5 Å². The molecule has 49 heavy (non-hydrogen) atoms. The molecule has 4 heterocycles. The number of nitrogens with zero attached hydrogens (tertiary/aromatic N) is 6. The quantitative estimate of drug-likeness (QED) is 0.136. The van der Waals surface area contributed by atoms with Crippen LogP contribution in [0.5, 0.6) is 0 Å². The predicted octanol–water partition coefficient (Wildman–Crippen LogP) is 9.67. The molecule has 2 fully saturated rings. The van der Waals surface area contributed by atoms with Gasteiger partial charge in [0.15, 0.2) is 27.4 Å². The van der Waals surface area contributed by atoms with E-state index in [0.717, 1.165) is 27.7 Å². The van der Waals surface area contributed by atoms with Gasteiger partial charge in [-0.2, -0.15) is 0 Å². The van der Waals surface area contributed by atoms with Crippen molar-refractivity contribution in [3.05, 3.63) is 52.2 Å². The van der Waals surface area contributed by atoms with Gasteiger partial charge in [-0.05, 0) is 52.0 Å². The van der Waals surface area contributed by atoms with E-state index in [-0.39, 0.29) is 56.7 Å². The zero-order chi connectivity index (χ0) is 34.6. The number of allylic oxidation sites excluding steroid dienone is 1. The highest BCUT2D eigenvalue weighted by Crippen LogP contribution is 2.36. The number of aromatic nitrogens is 6. The lowest BCUT2D eigenvalue weighted by atomic mass is 9.92. The highest BCUT2D eigenvalue weighted by molar-refractivity contribution is 7.13. The van der Waals surface area contributed by atoms with Gasteiger partial charge in [0.05, 0.1) is 5.69 Å². The van der Waals surface area contributed by atoms with Gasteiger partial charge in [0.2, 0.25) is 11.8 Å². The average molecular weight is 719 g/mol. The topological polar surface area (TPSA) is 118 Å². The molecule has 4 aromatic rings. The van der Waals surface area contributed by atoms with E-state index in [9.17, 15) is 22.4 Å². The molecule has 0 atom stereocenters. The Kier molecular flexibility index (Phi) is 12.2. The number of rotatable bonds is 8. The SMILES string of the molecule is C.C=C(C)c1cc(NC2CCC(F)(F)CC2)nc(-c2nc(C)cs2)n1.CC(=O)c1cc(NC2CCC(F)(F)CC2)nc(-c2nc(C)cs2)n1. The highest BCUT2D eigenvalue weighted by Gasteiger charge is 2.36. The van der Waals surface area contributed by atoms with Gasteiger partial charge in [-0.15, -0.1) is 22.7 Å². The number of anilines is 2. The number of carbonyl (C=O) groups is 1. The molecule has 0 spiro atoms. The molecule has 0 radical (unpaired) electrons. The number of nitrogens with one attached hydrogen (secondary N) is 2. The van der Waals surface area contributed by atoms with Crippen LogP contribution in [0.4, 0.5) is 29.2 Å². The molecule has 0 unspecified atom stereocenters. The summed E-state index contributed by atoms with van der Waals surface area (Å²) in [5.41, 5.74) is 3.62. The first kappa shape index (κ1) is 38.0. The van der Waals surface area contributed by atoms with Crippen molar-refractivity contribution >= 4 is 45.7 Å². The summed E-state index contributed by atoms with van der Waals surface area (Å²) in [5.74, 6) is -3.24. The summed E-state index contributed by atoms with van der Waals surface area (Å²) in [6, 6.07) is 3.31. The van der Waals surface area contributed by atoms with E-state index in [0.29, 0.717) is 54.0 Å². The third kappa shape index (κ3) is 10.6. The van der Waals surface area contributed by atoms with E-state index in [1.54, 1.807) is 6.07 Å². The molecule has 2 N–H and O–H groups in total. The molecule has 0 aliphatic heterocycles. The molecule has 0 aromatic carbocycles. The van der Waals surface area contributed by atoms with Crippen LogP contribution in [-0.4, -0.2) is 59.6 Å². The summed E-state index contributed by atoms with van der Waals surface area (Å²) in [5, 5.41) is 11.7. The van der Waals surface area contributed by atoms with Crippen LogP contribution in [0.2, 0.25) is 0 Å². The molecule has 0 bridgehead atoms. The van der Waals surface area contributed by atoms with E-state index < -0.39 is 11.8 Å². The first-order chi connectivity index (χ1) is 22.6. The van der Waals surface area contributed by atoms with Crippen molar-refractivity contribution in [2.75, 3.05) is 10.6 Å². The molecule has 4 aromatic heterocycles. The van der Waals surface area contributed by atoms with Crippen LogP contribution in [0.1, 0.15) is 100 Å². The fourth-order valence-corrected chi connectivity index (χ4v) is 6.79. The molecule has 2 aliphatic rings. The van der Waals surface area contributed by atoms with Crippen molar-refractivity contribution in [2.24, 2.45) is 0 Å². The van der Waals surface area contributed by atoms with Gasteiger partial charge in [-0.3, -0.25) is 4.79 Å². The van der Waals surface area contributed by atoms with Crippen LogP contribution >= 0.6 is 22.7 Å². The number of ketones is 1. The summed E-state index contributed by atoms with van der Waals surface area (Å²) in [6.07, 6.45) is 1.19. The van der Waals surface area contributed by atoms with E-state index in [4.69, 9.17) is 0 Å². The van der Waals surface area contributed by atoms with E-state index in [1.165, 1.54) is 29.6 Å². The number of alkyl halides is 4. The first-order valence-corrected chi connectivity index (χ1v) is 17.5. The number of hydrogen-bond acceptors (Lipinski definition) is 11. The molecule has 9 nitrogen and oxygen atoms in total. The number of halogens is 4. The number of hydrogen-bond donors (Lipinski definition) is 2. The fourth-order valence-electron chi connectivity index (χ4n) is 5.33. The fraction of sp³-hybridized carbons (Fsp3) is 0.500. The van der Waals surface area contributed by atoms with Crippen LogP contribution in [0.25, 0.3) is 27.2 Å². The van der Waals surface area contributed by atoms with Crippen molar-refractivity contribution in [3.8, 4) is 21.7 Å². The molecule has 6 rings (SSSR count). The van der Waals surface area contributed by atoms with Crippen LogP contribution in [-0.2, 0) is 0 Å². The van der Waals surface area contributed by atoms with Crippen LogP contribution < -0.4 is 10.6 Å². The summed E-state index contributed by atoms with van der Waals surface area (Å²) in [6.45, 7) is 11.0. The Morgan fingerprint density at radius 2 is 1.10 bits per heavy atom. The number of Topliss-reactive ketones (excluding diaryl/α,β-unsaturated/α-hetero) is 1. The van der Waals surface area contributed by atoms with Gasteiger partial charge in [0.25, 0.3) is 0 Å². The predicted molar refractivity (Wildman–Crippen MR) is 189 cm³/mol. The van der Waals surface area contributed by atoms with E-state index in [1.807, 2.05) is 37.6 Å². The maximum absolute atomic E-state index is 13.3. The maximum Gasteiger partial charge on any atom is 0.248 e. The van der Waals surface area contributed by atoms with Crippen molar-refractivity contribution in [1.29, 1.82) is 0 Å². The van der Waals surface area contributed by atoms with E-state index in [2.05, 4.69) is 47.1 Å². The van der Waals surface area contributed by atoms with Crippen LogP contribution in [0, 0.1) is 13.8 Å². The van der Waals surface area contributed by atoms with Crippen molar-refractivity contribution in [1.82, 2.24) is 29.9 Å². The molecule has 2 saturated carbocycles. The summed E-state index contributed by atoms with van der Waals surface area (Å²) in [4.78, 5) is 38.2. The van der Waals surface area contributed by atoms with Gasteiger partial charge in [0.1, 0.15) is 17.3 Å². The minimum atomic E-state index is -2.57. The minimum Gasteiger partial charge on any atom is -0.367 e. The van der Waals surface area contributed by atoms with Gasteiger partial charge >= 0.3 is 0 Å². The Morgan fingerprint density at radius 1 is 0.714 bits per heavy atom. The van der Waals surface area contributed by atoms with Gasteiger partial charge in [0, 0.05) is 79.0 Å². The molecule has 0 amide bonds. The third-order valence-corrected chi connectivity index (χ3v) is 9.92. The smallest absolute Gasteiger partial charge is 0.248 e. The Hall–Kier alpha value is -3.85. The highest BCUT2D eigenvalue weighted by atomic mass is 32.1.